The van der Waals surface area contributed by atoms with Gasteiger partial charge in [-0.25, -0.2) is 4.79 Å². The van der Waals surface area contributed by atoms with Crippen LogP contribution in [-0.2, 0) is 14.3 Å². The number of hydrogen-bond acceptors (Lipinski definition) is 3. The van der Waals surface area contributed by atoms with Crippen LogP contribution in [0.2, 0.25) is 0 Å². The molecule has 1 saturated carbocycles. The van der Waals surface area contributed by atoms with Crippen molar-refractivity contribution in [1.82, 2.24) is 5.32 Å². The van der Waals surface area contributed by atoms with Crippen molar-refractivity contribution in [1.29, 1.82) is 0 Å². The lowest BCUT2D eigenvalue weighted by Crippen LogP contribution is -2.57. The van der Waals surface area contributed by atoms with Crippen molar-refractivity contribution in [2.75, 3.05) is 6.61 Å². The third-order valence-electron chi connectivity index (χ3n) is 4.33. The lowest BCUT2D eigenvalue weighted by Gasteiger charge is -2.36. The van der Waals surface area contributed by atoms with Crippen LogP contribution in [-0.4, -0.2) is 35.2 Å². The Morgan fingerprint density at radius 1 is 1.26 bits per heavy atom. The fraction of sp³-hybridized carbons (Fsp3) is 0.857. The van der Waals surface area contributed by atoms with Crippen molar-refractivity contribution in [3.05, 3.63) is 0 Å². The second-order valence-corrected chi connectivity index (χ2v) is 5.84. The van der Waals surface area contributed by atoms with E-state index < -0.39 is 11.5 Å². The normalized spacial score (nSPS) is 30.6. The third kappa shape index (κ3) is 3.26. The molecule has 0 aromatic carbocycles. The van der Waals surface area contributed by atoms with Crippen molar-refractivity contribution in [2.24, 2.45) is 5.92 Å². The smallest absolute Gasteiger partial charge is 0.329 e. The Hall–Kier alpha value is -1.10. The number of amides is 1. The summed E-state index contributed by atoms with van der Waals surface area (Å²) < 4.78 is 5.42. The van der Waals surface area contributed by atoms with E-state index in [1.165, 1.54) is 0 Å². The monoisotopic (exact) mass is 269 g/mol. The summed E-state index contributed by atoms with van der Waals surface area (Å²) in [6.45, 7) is 2.53. The van der Waals surface area contributed by atoms with Gasteiger partial charge >= 0.3 is 5.97 Å². The first kappa shape index (κ1) is 14.3. The molecule has 0 spiro atoms. The molecule has 1 aliphatic carbocycles. The van der Waals surface area contributed by atoms with Crippen molar-refractivity contribution in [3.8, 4) is 0 Å². The van der Waals surface area contributed by atoms with Gasteiger partial charge in [-0.3, -0.25) is 4.79 Å². The minimum absolute atomic E-state index is 0.0802. The van der Waals surface area contributed by atoms with Crippen molar-refractivity contribution >= 4 is 11.9 Å². The summed E-state index contributed by atoms with van der Waals surface area (Å²) in [5, 5.41) is 12.3. The average molecular weight is 269 g/mol. The Labute approximate surface area is 113 Å². The number of carboxylic acids is 1. The molecular weight excluding hydrogens is 246 g/mol. The van der Waals surface area contributed by atoms with E-state index >= 15 is 0 Å². The van der Waals surface area contributed by atoms with Gasteiger partial charge in [-0.15, -0.1) is 0 Å². The maximum absolute atomic E-state index is 12.3. The quantitative estimate of drug-likeness (QED) is 0.817. The van der Waals surface area contributed by atoms with E-state index in [1.54, 1.807) is 0 Å². The molecule has 1 amide bonds. The molecule has 2 fully saturated rings. The van der Waals surface area contributed by atoms with Crippen LogP contribution in [0, 0.1) is 5.92 Å². The van der Waals surface area contributed by atoms with E-state index in [0.717, 1.165) is 19.3 Å². The van der Waals surface area contributed by atoms with Crippen molar-refractivity contribution in [3.63, 3.8) is 0 Å². The van der Waals surface area contributed by atoms with Gasteiger partial charge in [0.2, 0.25) is 5.91 Å². The standard InChI is InChI=1S/C14H23NO4/c1-10-9-11(5-8-19-10)12(16)15-14(13(17)18)6-3-2-4-7-14/h10-11H,2-9H2,1H3,(H,15,16)(H,17,18). The lowest BCUT2D eigenvalue weighted by atomic mass is 9.81. The molecule has 1 saturated heterocycles. The molecular formula is C14H23NO4. The highest BCUT2D eigenvalue weighted by Gasteiger charge is 2.42. The van der Waals surface area contributed by atoms with E-state index in [2.05, 4.69) is 5.32 Å². The molecule has 1 aliphatic heterocycles. The van der Waals surface area contributed by atoms with Gasteiger partial charge in [-0.2, -0.15) is 0 Å². The predicted molar refractivity (Wildman–Crippen MR) is 69.7 cm³/mol. The molecule has 0 aromatic rings. The molecule has 2 unspecified atom stereocenters. The van der Waals surface area contributed by atoms with Crippen LogP contribution in [0.1, 0.15) is 51.9 Å². The SMILES string of the molecule is CC1CC(C(=O)NC2(C(=O)O)CCCCC2)CCO1. The molecule has 5 nitrogen and oxygen atoms in total. The Morgan fingerprint density at radius 3 is 2.53 bits per heavy atom. The molecule has 0 aromatic heterocycles. The summed E-state index contributed by atoms with van der Waals surface area (Å²) in [6.07, 6.45) is 5.34. The fourth-order valence-electron chi connectivity index (χ4n) is 3.12. The highest BCUT2D eigenvalue weighted by Crippen LogP contribution is 2.30. The van der Waals surface area contributed by atoms with Gasteiger partial charge in [0.1, 0.15) is 5.54 Å². The summed E-state index contributed by atoms with van der Waals surface area (Å²) in [4.78, 5) is 23.8. The number of carbonyl (C=O) groups excluding carboxylic acids is 1. The minimum Gasteiger partial charge on any atom is -0.480 e. The molecule has 2 aliphatic rings. The van der Waals surface area contributed by atoms with Gasteiger partial charge in [0.15, 0.2) is 0 Å². The largest absolute Gasteiger partial charge is 0.480 e. The van der Waals surface area contributed by atoms with Crippen LogP contribution in [0.3, 0.4) is 0 Å². The van der Waals surface area contributed by atoms with Gasteiger partial charge < -0.3 is 15.2 Å². The van der Waals surface area contributed by atoms with Gasteiger partial charge in [0, 0.05) is 12.5 Å². The number of aliphatic carboxylic acids is 1. The first-order valence-electron chi connectivity index (χ1n) is 7.20. The van der Waals surface area contributed by atoms with Crippen LogP contribution >= 0.6 is 0 Å². The van der Waals surface area contributed by atoms with Crippen molar-refractivity contribution in [2.45, 2.75) is 63.5 Å². The van der Waals surface area contributed by atoms with Crippen LogP contribution in [0.15, 0.2) is 0 Å². The fourth-order valence-corrected chi connectivity index (χ4v) is 3.12. The maximum atomic E-state index is 12.3. The summed E-state index contributed by atoms with van der Waals surface area (Å²) in [5.74, 6) is -1.11. The van der Waals surface area contributed by atoms with Crippen LogP contribution in [0.4, 0.5) is 0 Å². The topological polar surface area (TPSA) is 75.6 Å². The zero-order chi connectivity index (χ0) is 13.9. The number of carboxylic acid groups (broad SMARTS) is 1. The molecule has 1 heterocycles. The molecule has 2 atom stereocenters. The van der Waals surface area contributed by atoms with E-state index in [9.17, 15) is 14.7 Å². The summed E-state index contributed by atoms with van der Waals surface area (Å²) in [5.41, 5.74) is -1.03. The summed E-state index contributed by atoms with van der Waals surface area (Å²) >= 11 is 0. The van der Waals surface area contributed by atoms with E-state index in [1.807, 2.05) is 6.92 Å². The molecule has 0 bridgehead atoms. The number of carbonyl (C=O) groups is 2. The van der Waals surface area contributed by atoms with E-state index in [0.29, 0.717) is 32.3 Å². The Balaban J connectivity index is 2.00. The highest BCUT2D eigenvalue weighted by molar-refractivity contribution is 5.88. The van der Waals surface area contributed by atoms with Crippen LogP contribution in [0.25, 0.3) is 0 Å². The number of ether oxygens (including phenoxy) is 1. The number of hydrogen-bond donors (Lipinski definition) is 2. The molecule has 2 rings (SSSR count). The van der Waals surface area contributed by atoms with Gasteiger partial charge in [0.05, 0.1) is 6.10 Å². The molecule has 5 heteroatoms. The van der Waals surface area contributed by atoms with Crippen LogP contribution in [0.5, 0.6) is 0 Å². The van der Waals surface area contributed by atoms with Crippen LogP contribution < -0.4 is 5.32 Å². The molecule has 0 radical (unpaired) electrons. The molecule has 19 heavy (non-hydrogen) atoms. The Bertz CT molecular complexity index is 349. The second kappa shape index (κ2) is 5.90. The first-order valence-corrected chi connectivity index (χ1v) is 7.20. The zero-order valence-corrected chi connectivity index (χ0v) is 11.5. The minimum atomic E-state index is -1.03. The lowest BCUT2D eigenvalue weighted by molar-refractivity contribution is -0.150. The van der Waals surface area contributed by atoms with Gasteiger partial charge in [-0.05, 0) is 32.6 Å². The Morgan fingerprint density at radius 2 is 1.95 bits per heavy atom. The Kier molecular flexibility index (Phi) is 4.45. The second-order valence-electron chi connectivity index (χ2n) is 5.84. The van der Waals surface area contributed by atoms with E-state index in [4.69, 9.17) is 4.74 Å². The molecule has 108 valence electrons. The number of nitrogens with one attached hydrogen (secondary N) is 1. The molecule has 2 N–H and O–H groups in total. The summed E-state index contributed by atoms with van der Waals surface area (Å²) in [6, 6.07) is 0. The van der Waals surface area contributed by atoms with E-state index in [-0.39, 0.29) is 17.9 Å². The maximum Gasteiger partial charge on any atom is 0.329 e. The third-order valence-corrected chi connectivity index (χ3v) is 4.33. The van der Waals surface area contributed by atoms with Gasteiger partial charge in [0.25, 0.3) is 0 Å². The highest BCUT2D eigenvalue weighted by atomic mass is 16.5. The summed E-state index contributed by atoms with van der Waals surface area (Å²) in [7, 11) is 0. The predicted octanol–water partition coefficient (Wildman–Crippen LogP) is 1.71. The average Bonchev–Trinajstić information content (AvgIpc) is 2.39. The number of rotatable bonds is 3. The first-order chi connectivity index (χ1) is 9.03. The zero-order valence-electron chi connectivity index (χ0n) is 11.5. The van der Waals surface area contributed by atoms with Crippen molar-refractivity contribution < 1.29 is 19.4 Å². The van der Waals surface area contributed by atoms with Gasteiger partial charge in [-0.1, -0.05) is 19.3 Å².